The predicted molar refractivity (Wildman–Crippen MR) is 158 cm³/mol. The van der Waals surface area contributed by atoms with Gasteiger partial charge < -0.3 is 24.1 Å². The Balaban J connectivity index is 1.75. The van der Waals surface area contributed by atoms with E-state index in [0.29, 0.717) is 51.3 Å². The smallest absolute Gasteiger partial charge is 0.301 e. The summed E-state index contributed by atoms with van der Waals surface area (Å²) in [7, 11) is 4.42. The molecule has 2 heterocycles. The molecule has 41 heavy (non-hydrogen) atoms. The zero-order valence-electron chi connectivity index (χ0n) is 22.8. The molecule has 3 aromatic carbocycles. The van der Waals surface area contributed by atoms with E-state index in [9.17, 15) is 14.7 Å². The number of rotatable bonds is 9. The van der Waals surface area contributed by atoms with Crippen molar-refractivity contribution in [1.82, 2.24) is 4.98 Å². The molecule has 1 unspecified atom stereocenters. The summed E-state index contributed by atoms with van der Waals surface area (Å²) in [6, 6.07) is 14.1. The third-order valence-electron chi connectivity index (χ3n) is 6.57. The number of aromatic nitrogens is 1. The number of fused-ring (bicyclic) bond motifs is 1. The van der Waals surface area contributed by atoms with Crippen LogP contribution in [0.2, 0.25) is 5.02 Å². The summed E-state index contributed by atoms with van der Waals surface area (Å²) in [5.74, 6) is -0.552. The number of hydrogen-bond donors (Lipinski definition) is 1. The van der Waals surface area contributed by atoms with Crippen LogP contribution in [-0.4, -0.2) is 49.7 Å². The summed E-state index contributed by atoms with van der Waals surface area (Å²) < 4.78 is 23.0. The van der Waals surface area contributed by atoms with E-state index in [4.69, 9.17) is 30.5 Å². The van der Waals surface area contributed by atoms with E-state index >= 15 is 0 Å². The van der Waals surface area contributed by atoms with Gasteiger partial charge in [-0.2, -0.15) is 0 Å². The Morgan fingerprint density at radius 2 is 1.76 bits per heavy atom. The first-order valence-corrected chi connectivity index (χ1v) is 13.9. The first kappa shape index (κ1) is 28.3. The monoisotopic (exact) mass is 594 g/mol. The molecule has 0 spiro atoms. The second-order valence-corrected chi connectivity index (χ2v) is 10.6. The maximum atomic E-state index is 13.7. The number of benzene rings is 3. The molecule has 1 aromatic heterocycles. The first-order valence-electron chi connectivity index (χ1n) is 12.7. The summed E-state index contributed by atoms with van der Waals surface area (Å²) in [6.07, 6.45) is 0.801. The van der Waals surface area contributed by atoms with Gasteiger partial charge in [0.15, 0.2) is 16.6 Å². The molecule has 1 N–H and O–H groups in total. The molecule has 11 heteroatoms. The van der Waals surface area contributed by atoms with E-state index in [-0.39, 0.29) is 16.5 Å². The molecular weight excluding hydrogens is 568 g/mol. The lowest BCUT2D eigenvalue weighted by Gasteiger charge is -2.24. The quantitative estimate of drug-likeness (QED) is 0.135. The maximum Gasteiger partial charge on any atom is 0.301 e. The number of amides is 1. The molecule has 1 saturated heterocycles. The van der Waals surface area contributed by atoms with Crippen molar-refractivity contribution < 1.29 is 33.6 Å². The van der Waals surface area contributed by atoms with Crippen molar-refractivity contribution in [3.8, 4) is 23.0 Å². The predicted octanol–water partition coefficient (Wildman–Crippen LogP) is 6.39. The van der Waals surface area contributed by atoms with E-state index in [2.05, 4.69) is 4.98 Å². The number of ketones is 1. The topological polar surface area (TPSA) is 107 Å². The van der Waals surface area contributed by atoms with Crippen molar-refractivity contribution in [3.63, 3.8) is 0 Å². The van der Waals surface area contributed by atoms with Crippen LogP contribution in [0, 0.1) is 0 Å². The molecule has 212 valence electrons. The highest BCUT2D eigenvalue weighted by Gasteiger charge is 2.48. The van der Waals surface area contributed by atoms with Gasteiger partial charge in [-0.3, -0.25) is 14.5 Å². The summed E-state index contributed by atoms with van der Waals surface area (Å²) in [5, 5.41) is 12.4. The second kappa shape index (κ2) is 11.7. The first-order chi connectivity index (χ1) is 19.8. The van der Waals surface area contributed by atoms with Crippen molar-refractivity contribution in [2.45, 2.75) is 19.4 Å². The van der Waals surface area contributed by atoms with Crippen molar-refractivity contribution >= 4 is 55.7 Å². The highest BCUT2D eigenvalue weighted by Crippen LogP contribution is 2.48. The largest absolute Gasteiger partial charge is 0.507 e. The average Bonchev–Trinajstić information content (AvgIpc) is 3.52. The van der Waals surface area contributed by atoms with Gasteiger partial charge in [-0.1, -0.05) is 42.0 Å². The number of hydrogen-bond acceptors (Lipinski definition) is 9. The van der Waals surface area contributed by atoms with Crippen LogP contribution in [0.3, 0.4) is 0 Å². The Kier molecular flexibility index (Phi) is 8.05. The average molecular weight is 595 g/mol. The number of Topliss-reactive ketones (excluding diaryl/α,β-unsaturated/α-hetero) is 1. The standard InChI is InChI=1S/C30H27ClN2O7S/c1-5-11-40-19-8-6-7-16(12-19)26(34)24-25(17-13-21(37-2)28(39-4)22(14-17)38-3)33(29(36)27(24)35)30-32-20-10-9-18(31)15-23(20)41-30/h6-10,12-15,25,34H,5,11H2,1-4H3. The van der Waals surface area contributed by atoms with Crippen LogP contribution in [0.5, 0.6) is 23.0 Å². The van der Waals surface area contributed by atoms with Crippen molar-refractivity contribution in [1.29, 1.82) is 0 Å². The van der Waals surface area contributed by atoms with Gasteiger partial charge >= 0.3 is 5.91 Å². The van der Waals surface area contributed by atoms with Crippen LogP contribution in [-0.2, 0) is 9.59 Å². The minimum atomic E-state index is -1.07. The summed E-state index contributed by atoms with van der Waals surface area (Å²) in [5.41, 5.74) is 1.26. The molecule has 9 nitrogen and oxygen atoms in total. The SMILES string of the molecule is CCCOc1cccc(C(O)=C2C(=O)C(=O)N(c3nc4ccc(Cl)cc4s3)C2c2cc(OC)c(OC)c(OC)c2)c1. The summed E-state index contributed by atoms with van der Waals surface area (Å²) >= 11 is 7.40. The van der Waals surface area contributed by atoms with Crippen LogP contribution in [0.25, 0.3) is 16.0 Å². The Morgan fingerprint density at radius 1 is 1.02 bits per heavy atom. The van der Waals surface area contributed by atoms with E-state index in [1.807, 2.05) is 6.92 Å². The fraction of sp³-hybridized carbons (Fsp3) is 0.233. The zero-order valence-corrected chi connectivity index (χ0v) is 24.3. The number of thiazole rings is 1. The number of halogens is 1. The molecule has 1 atom stereocenters. The Morgan fingerprint density at radius 3 is 2.41 bits per heavy atom. The van der Waals surface area contributed by atoms with Gasteiger partial charge in [0.2, 0.25) is 5.75 Å². The molecule has 1 aliphatic heterocycles. The molecule has 1 aliphatic rings. The van der Waals surface area contributed by atoms with E-state index in [1.165, 1.54) is 37.6 Å². The number of anilines is 1. The normalized spacial score (nSPS) is 16.3. The minimum absolute atomic E-state index is 0.116. The molecule has 0 bridgehead atoms. The number of ether oxygens (including phenoxy) is 4. The number of carbonyl (C=O) groups excluding carboxylic acids is 2. The fourth-order valence-corrected chi connectivity index (χ4v) is 5.97. The Hall–Kier alpha value is -4.28. The number of methoxy groups -OCH3 is 3. The molecule has 4 aromatic rings. The summed E-state index contributed by atoms with van der Waals surface area (Å²) in [4.78, 5) is 33.3. The van der Waals surface area contributed by atoms with Gasteiger partial charge in [0, 0.05) is 10.6 Å². The third-order valence-corrected chi connectivity index (χ3v) is 7.83. The lowest BCUT2D eigenvalue weighted by molar-refractivity contribution is -0.132. The van der Waals surface area contributed by atoms with Crippen molar-refractivity contribution in [2.24, 2.45) is 0 Å². The number of nitrogens with zero attached hydrogens (tertiary/aromatic N) is 2. The number of carbonyl (C=O) groups is 2. The van der Waals surface area contributed by atoms with Gasteiger partial charge in [-0.05, 0) is 54.4 Å². The van der Waals surface area contributed by atoms with Crippen LogP contribution < -0.4 is 23.8 Å². The summed E-state index contributed by atoms with van der Waals surface area (Å²) in [6.45, 7) is 2.47. The van der Waals surface area contributed by atoms with Gasteiger partial charge in [-0.15, -0.1) is 0 Å². The van der Waals surface area contributed by atoms with E-state index < -0.39 is 17.7 Å². The number of aliphatic hydroxyl groups is 1. The molecule has 0 aliphatic carbocycles. The van der Waals surface area contributed by atoms with E-state index in [1.54, 1.807) is 54.6 Å². The van der Waals surface area contributed by atoms with Crippen LogP contribution in [0.1, 0.15) is 30.5 Å². The highest BCUT2D eigenvalue weighted by molar-refractivity contribution is 7.22. The van der Waals surface area contributed by atoms with Gasteiger partial charge in [0.1, 0.15) is 11.5 Å². The minimum Gasteiger partial charge on any atom is -0.507 e. The van der Waals surface area contributed by atoms with Crippen LogP contribution in [0.4, 0.5) is 5.13 Å². The number of aliphatic hydroxyl groups excluding tert-OH is 1. The second-order valence-electron chi connectivity index (χ2n) is 9.11. The Labute approximate surface area is 245 Å². The van der Waals surface area contributed by atoms with Crippen molar-refractivity contribution in [2.75, 3.05) is 32.8 Å². The van der Waals surface area contributed by atoms with Gasteiger partial charge in [0.05, 0.1) is 49.8 Å². The lowest BCUT2D eigenvalue weighted by Crippen LogP contribution is -2.29. The van der Waals surface area contributed by atoms with Crippen LogP contribution in [0.15, 0.2) is 60.2 Å². The van der Waals surface area contributed by atoms with E-state index in [0.717, 1.165) is 11.1 Å². The van der Waals surface area contributed by atoms with Gasteiger partial charge in [0.25, 0.3) is 5.78 Å². The maximum absolute atomic E-state index is 13.7. The highest BCUT2D eigenvalue weighted by atomic mass is 35.5. The Bertz CT molecular complexity index is 1660. The molecule has 0 radical (unpaired) electrons. The third kappa shape index (κ3) is 5.16. The van der Waals surface area contributed by atoms with Crippen LogP contribution >= 0.6 is 22.9 Å². The van der Waals surface area contributed by atoms with Gasteiger partial charge in [-0.25, -0.2) is 4.98 Å². The van der Waals surface area contributed by atoms with Crippen molar-refractivity contribution in [3.05, 3.63) is 76.3 Å². The molecule has 1 fully saturated rings. The molecule has 1 amide bonds. The molecule has 0 saturated carbocycles. The fourth-order valence-electron chi connectivity index (χ4n) is 4.70. The molecular formula is C30H27ClN2O7S. The zero-order chi connectivity index (χ0) is 29.3. The lowest BCUT2D eigenvalue weighted by atomic mass is 9.94. The molecule has 5 rings (SSSR count).